The predicted molar refractivity (Wildman–Crippen MR) is 79.9 cm³/mol. The third kappa shape index (κ3) is 2.59. The molecule has 2 aromatic rings. The molecule has 1 heterocycles. The smallest absolute Gasteiger partial charge is 0.311 e. The highest BCUT2D eigenvalue weighted by Crippen LogP contribution is 2.45. The third-order valence-electron chi connectivity index (χ3n) is 4.10. The van der Waals surface area contributed by atoms with Gasteiger partial charge in [-0.1, -0.05) is 18.2 Å². The highest BCUT2D eigenvalue weighted by Gasteiger charge is 2.50. The zero-order valence-electron chi connectivity index (χ0n) is 12.2. The molecule has 0 aliphatic heterocycles. The molecule has 1 saturated carbocycles. The second kappa shape index (κ2) is 5.29. The van der Waals surface area contributed by atoms with Crippen LogP contribution in [0, 0.1) is 12.3 Å². The maximum atomic E-state index is 12.1. The minimum absolute atomic E-state index is 0.163. The van der Waals surface area contributed by atoms with Crippen molar-refractivity contribution in [3.05, 3.63) is 47.8 Å². The molecule has 0 saturated heterocycles. The van der Waals surface area contributed by atoms with E-state index in [4.69, 9.17) is 5.11 Å². The van der Waals surface area contributed by atoms with E-state index in [9.17, 15) is 9.59 Å². The van der Waals surface area contributed by atoms with E-state index in [0.717, 1.165) is 11.3 Å². The summed E-state index contributed by atoms with van der Waals surface area (Å²) in [5.74, 6) is -1.14. The summed E-state index contributed by atoms with van der Waals surface area (Å²) in [6.07, 6.45) is 4.37. The molecule has 6 heteroatoms. The quantitative estimate of drug-likeness (QED) is 0.881. The monoisotopic (exact) mass is 299 g/mol. The van der Waals surface area contributed by atoms with Crippen LogP contribution in [-0.2, 0) is 4.79 Å². The van der Waals surface area contributed by atoms with Gasteiger partial charge in [0.1, 0.15) is 0 Å². The van der Waals surface area contributed by atoms with Crippen LogP contribution in [0.4, 0.5) is 0 Å². The summed E-state index contributed by atoms with van der Waals surface area (Å²) in [6.45, 7) is 2.14. The number of hydrogen-bond acceptors (Lipinski definition) is 3. The molecule has 1 amide bonds. The van der Waals surface area contributed by atoms with Gasteiger partial charge in [0.2, 0.25) is 0 Å². The second-order valence-electron chi connectivity index (χ2n) is 5.73. The van der Waals surface area contributed by atoms with Crippen molar-refractivity contribution >= 4 is 11.9 Å². The van der Waals surface area contributed by atoms with Crippen molar-refractivity contribution in [1.82, 2.24) is 15.1 Å². The van der Waals surface area contributed by atoms with Gasteiger partial charge in [-0.2, -0.15) is 5.10 Å². The molecule has 1 aliphatic rings. The molecular formula is C16H17N3O3. The molecule has 0 spiro atoms. The zero-order chi connectivity index (χ0) is 15.7. The number of rotatable bonds is 5. The number of aliphatic carboxylic acids is 1. The van der Waals surface area contributed by atoms with Crippen LogP contribution in [-0.4, -0.2) is 33.3 Å². The number of benzene rings is 1. The molecule has 1 aromatic heterocycles. The highest BCUT2D eigenvalue weighted by atomic mass is 16.4. The zero-order valence-corrected chi connectivity index (χ0v) is 12.2. The topological polar surface area (TPSA) is 84.2 Å². The van der Waals surface area contributed by atoms with Crippen molar-refractivity contribution in [2.24, 2.45) is 5.41 Å². The Labute approximate surface area is 127 Å². The van der Waals surface area contributed by atoms with Crippen molar-refractivity contribution in [3.8, 4) is 5.69 Å². The highest BCUT2D eigenvalue weighted by molar-refractivity contribution is 5.94. The minimum Gasteiger partial charge on any atom is -0.481 e. The average molecular weight is 299 g/mol. The molecule has 6 nitrogen and oxygen atoms in total. The number of para-hydroxylation sites is 1. The summed E-state index contributed by atoms with van der Waals surface area (Å²) in [7, 11) is 0. The molecule has 3 rings (SSSR count). The normalized spacial score (nSPS) is 15.3. The lowest BCUT2D eigenvalue weighted by atomic mass is 10.1. The van der Waals surface area contributed by atoms with Crippen LogP contribution >= 0.6 is 0 Å². The van der Waals surface area contributed by atoms with E-state index in [1.807, 2.05) is 31.2 Å². The first kappa shape index (κ1) is 14.3. The Morgan fingerprint density at radius 2 is 2.09 bits per heavy atom. The van der Waals surface area contributed by atoms with Crippen molar-refractivity contribution < 1.29 is 14.7 Å². The number of carboxylic acid groups (broad SMARTS) is 1. The lowest BCUT2D eigenvalue weighted by molar-refractivity contribution is -0.143. The molecule has 0 unspecified atom stereocenters. The van der Waals surface area contributed by atoms with Crippen LogP contribution in [0.5, 0.6) is 0 Å². The van der Waals surface area contributed by atoms with E-state index in [1.54, 1.807) is 10.9 Å². The third-order valence-corrected chi connectivity index (χ3v) is 4.10. The molecule has 1 aromatic carbocycles. The second-order valence-corrected chi connectivity index (χ2v) is 5.73. The van der Waals surface area contributed by atoms with Crippen LogP contribution in [0.2, 0.25) is 0 Å². The first-order chi connectivity index (χ1) is 10.5. The van der Waals surface area contributed by atoms with Gasteiger partial charge in [-0.05, 0) is 31.4 Å². The number of hydrogen-bond donors (Lipinski definition) is 2. The SMILES string of the molecule is Cc1ccccc1-n1cc(C(=O)NCC2(C(=O)O)CC2)cn1. The number of carbonyl (C=O) groups excluding carboxylic acids is 1. The molecule has 0 atom stereocenters. The van der Waals surface area contributed by atoms with Crippen LogP contribution in [0.15, 0.2) is 36.7 Å². The Kier molecular flexibility index (Phi) is 3.44. The van der Waals surface area contributed by atoms with E-state index < -0.39 is 11.4 Å². The molecule has 1 aliphatic carbocycles. The maximum absolute atomic E-state index is 12.1. The van der Waals surface area contributed by atoms with Gasteiger partial charge in [-0.3, -0.25) is 9.59 Å². The summed E-state index contributed by atoms with van der Waals surface area (Å²) in [5, 5.41) is 16.0. The van der Waals surface area contributed by atoms with Crippen LogP contribution in [0.1, 0.15) is 28.8 Å². The Balaban J connectivity index is 1.70. The number of carbonyl (C=O) groups is 2. The summed E-state index contributed by atoms with van der Waals surface area (Å²) >= 11 is 0. The molecular weight excluding hydrogens is 282 g/mol. The van der Waals surface area contributed by atoms with E-state index in [2.05, 4.69) is 10.4 Å². The summed E-state index contributed by atoms with van der Waals surface area (Å²) in [5.41, 5.74) is 1.62. The standard InChI is InChI=1S/C16H17N3O3/c1-11-4-2-3-5-13(11)19-9-12(8-18-19)14(20)17-10-16(6-7-16)15(21)22/h2-5,8-9H,6-7,10H2,1H3,(H,17,20)(H,21,22). The van der Waals surface area contributed by atoms with Crippen LogP contribution in [0.3, 0.4) is 0 Å². The Morgan fingerprint density at radius 3 is 2.73 bits per heavy atom. The number of amides is 1. The Morgan fingerprint density at radius 1 is 1.36 bits per heavy atom. The maximum Gasteiger partial charge on any atom is 0.311 e. The molecule has 0 radical (unpaired) electrons. The number of carboxylic acids is 1. The Bertz CT molecular complexity index is 732. The van der Waals surface area contributed by atoms with Crippen molar-refractivity contribution in [2.45, 2.75) is 19.8 Å². The number of nitrogens with zero attached hydrogens (tertiary/aromatic N) is 2. The van der Waals surface area contributed by atoms with Gasteiger partial charge in [-0.15, -0.1) is 0 Å². The molecule has 22 heavy (non-hydrogen) atoms. The van der Waals surface area contributed by atoms with Gasteiger partial charge in [0.25, 0.3) is 5.91 Å². The Hall–Kier alpha value is -2.63. The lowest BCUT2D eigenvalue weighted by Gasteiger charge is -2.10. The van der Waals surface area contributed by atoms with Crippen LogP contribution in [0.25, 0.3) is 5.69 Å². The van der Waals surface area contributed by atoms with Crippen molar-refractivity contribution in [2.75, 3.05) is 6.54 Å². The average Bonchev–Trinajstić information content (AvgIpc) is 3.15. The van der Waals surface area contributed by atoms with Crippen molar-refractivity contribution in [3.63, 3.8) is 0 Å². The first-order valence-electron chi connectivity index (χ1n) is 7.14. The number of aromatic nitrogens is 2. The predicted octanol–water partition coefficient (Wildman–Crippen LogP) is 1.78. The van der Waals surface area contributed by atoms with Gasteiger partial charge in [-0.25, -0.2) is 4.68 Å². The van der Waals surface area contributed by atoms with Crippen LogP contribution < -0.4 is 5.32 Å². The lowest BCUT2D eigenvalue weighted by Crippen LogP contribution is -2.34. The van der Waals surface area contributed by atoms with Gasteiger partial charge < -0.3 is 10.4 Å². The van der Waals surface area contributed by atoms with E-state index >= 15 is 0 Å². The van der Waals surface area contributed by atoms with Gasteiger partial charge in [0.05, 0.1) is 22.9 Å². The minimum atomic E-state index is -0.844. The van der Waals surface area contributed by atoms with E-state index in [-0.39, 0.29) is 12.5 Å². The molecule has 114 valence electrons. The fourth-order valence-corrected chi connectivity index (χ4v) is 2.36. The summed E-state index contributed by atoms with van der Waals surface area (Å²) in [4.78, 5) is 23.2. The fourth-order valence-electron chi connectivity index (χ4n) is 2.36. The fraction of sp³-hybridized carbons (Fsp3) is 0.312. The van der Waals surface area contributed by atoms with Gasteiger partial charge >= 0.3 is 5.97 Å². The molecule has 1 fully saturated rings. The van der Waals surface area contributed by atoms with E-state index in [0.29, 0.717) is 18.4 Å². The number of aryl methyl sites for hydroxylation is 1. The summed E-state index contributed by atoms with van der Waals surface area (Å²) in [6, 6.07) is 7.75. The molecule has 0 bridgehead atoms. The first-order valence-corrected chi connectivity index (χ1v) is 7.14. The van der Waals surface area contributed by atoms with Crippen molar-refractivity contribution in [1.29, 1.82) is 0 Å². The van der Waals surface area contributed by atoms with Gasteiger partial charge in [0, 0.05) is 12.7 Å². The summed E-state index contributed by atoms with van der Waals surface area (Å²) < 4.78 is 1.65. The largest absolute Gasteiger partial charge is 0.481 e. The van der Waals surface area contributed by atoms with E-state index in [1.165, 1.54) is 6.20 Å². The number of nitrogens with one attached hydrogen (secondary N) is 1. The van der Waals surface area contributed by atoms with Gasteiger partial charge in [0.15, 0.2) is 0 Å². The molecule has 2 N–H and O–H groups in total.